The fourth-order valence-electron chi connectivity index (χ4n) is 2.28. The Bertz CT molecular complexity index is 398. The third kappa shape index (κ3) is 3.37. The van der Waals surface area contributed by atoms with Gasteiger partial charge in [-0.2, -0.15) is 0 Å². The summed E-state index contributed by atoms with van der Waals surface area (Å²) in [6, 6.07) is 5.93. The summed E-state index contributed by atoms with van der Waals surface area (Å²) >= 11 is 12.2. The van der Waals surface area contributed by atoms with E-state index in [1.54, 1.807) is 6.07 Å². The van der Waals surface area contributed by atoms with E-state index in [2.05, 4.69) is 23.1 Å². The molecule has 3 N–H and O–H groups in total. The topological polar surface area (TPSA) is 36.1 Å². The minimum absolute atomic E-state index is 0.235. The molecule has 3 nitrogen and oxygen atoms in total. The highest BCUT2D eigenvalue weighted by atomic mass is 35.5. The maximum Gasteiger partial charge on any atom is 0.0530 e. The molecule has 2 rings (SSSR count). The van der Waals surface area contributed by atoms with E-state index in [1.807, 2.05) is 12.1 Å². The summed E-state index contributed by atoms with van der Waals surface area (Å²) < 4.78 is 0. The molecule has 5 heteroatoms. The van der Waals surface area contributed by atoms with Gasteiger partial charge >= 0.3 is 0 Å². The Morgan fingerprint density at radius 2 is 2.22 bits per heavy atom. The van der Waals surface area contributed by atoms with Gasteiger partial charge in [0, 0.05) is 29.1 Å². The molecule has 1 heterocycles. The molecule has 0 bridgehead atoms. The van der Waals surface area contributed by atoms with Gasteiger partial charge in [0.25, 0.3) is 0 Å². The molecular formula is C13H19Cl2N3. The molecular weight excluding hydrogens is 269 g/mol. The van der Waals surface area contributed by atoms with E-state index in [0.29, 0.717) is 10.9 Å². The summed E-state index contributed by atoms with van der Waals surface area (Å²) in [4.78, 5) is 0. The van der Waals surface area contributed by atoms with Crippen LogP contribution in [0.4, 0.5) is 0 Å². The van der Waals surface area contributed by atoms with E-state index in [9.17, 15) is 0 Å². The van der Waals surface area contributed by atoms with Gasteiger partial charge in [0.2, 0.25) is 0 Å². The molecule has 1 saturated heterocycles. The van der Waals surface area contributed by atoms with Crippen LogP contribution in [-0.4, -0.2) is 19.6 Å². The van der Waals surface area contributed by atoms with Crippen LogP contribution in [0.25, 0.3) is 0 Å². The molecule has 0 spiro atoms. The van der Waals surface area contributed by atoms with E-state index in [-0.39, 0.29) is 6.04 Å². The zero-order chi connectivity index (χ0) is 13.0. The number of hydrogen-bond donors (Lipinski definition) is 3. The highest BCUT2D eigenvalue weighted by molar-refractivity contribution is 6.35. The van der Waals surface area contributed by atoms with Gasteiger partial charge in [-0.1, -0.05) is 36.2 Å². The standard InChI is InChI=1S/C13H19Cl2N3/c1-2-5-16-7-9-8-17-18-13(9)11-4-3-10(14)6-12(11)15/h3-4,6,9,13,16-18H,2,5,7-8H2,1H3. The van der Waals surface area contributed by atoms with Crippen molar-refractivity contribution in [2.24, 2.45) is 5.92 Å². The van der Waals surface area contributed by atoms with Crippen molar-refractivity contribution in [1.29, 1.82) is 0 Å². The summed E-state index contributed by atoms with van der Waals surface area (Å²) in [6.45, 7) is 5.15. The summed E-state index contributed by atoms with van der Waals surface area (Å²) in [5, 5.41) is 4.86. The lowest BCUT2D eigenvalue weighted by molar-refractivity contribution is 0.442. The van der Waals surface area contributed by atoms with Crippen molar-refractivity contribution in [3.63, 3.8) is 0 Å². The predicted molar refractivity (Wildman–Crippen MR) is 77.0 cm³/mol. The van der Waals surface area contributed by atoms with Crippen LogP contribution >= 0.6 is 23.2 Å². The Labute approximate surface area is 118 Å². The van der Waals surface area contributed by atoms with Crippen LogP contribution in [0.1, 0.15) is 24.9 Å². The van der Waals surface area contributed by atoms with E-state index in [0.717, 1.165) is 36.6 Å². The van der Waals surface area contributed by atoms with E-state index in [1.165, 1.54) is 0 Å². The lowest BCUT2D eigenvalue weighted by atomic mass is 9.95. The highest BCUT2D eigenvalue weighted by Gasteiger charge is 2.29. The normalized spacial score (nSPS) is 23.5. The first-order valence-corrected chi connectivity index (χ1v) is 7.12. The third-order valence-corrected chi connectivity index (χ3v) is 3.79. The fourth-order valence-corrected chi connectivity index (χ4v) is 2.80. The summed E-state index contributed by atoms with van der Waals surface area (Å²) in [5.41, 5.74) is 7.61. The van der Waals surface area contributed by atoms with E-state index in [4.69, 9.17) is 23.2 Å². The average Bonchev–Trinajstić information content (AvgIpc) is 2.78. The highest BCUT2D eigenvalue weighted by Crippen LogP contribution is 2.31. The van der Waals surface area contributed by atoms with Crippen molar-refractivity contribution >= 4 is 23.2 Å². The Kier molecular flexibility index (Phi) is 5.27. The van der Waals surface area contributed by atoms with Gasteiger partial charge in [-0.3, -0.25) is 5.43 Å². The van der Waals surface area contributed by atoms with Crippen molar-refractivity contribution in [2.45, 2.75) is 19.4 Å². The molecule has 1 aliphatic heterocycles. The average molecular weight is 288 g/mol. The first-order chi connectivity index (χ1) is 8.72. The number of benzene rings is 1. The quantitative estimate of drug-likeness (QED) is 0.729. The van der Waals surface area contributed by atoms with Crippen LogP contribution < -0.4 is 16.2 Å². The van der Waals surface area contributed by atoms with Crippen LogP contribution in [0.3, 0.4) is 0 Å². The van der Waals surface area contributed by atoms with Crippen LogP contribution in [0.15, 0.2) is 18.2 Å². The van der Waals surface area contributed by atoms with Gasteiger partial charge in [0.05, 0.1) is 6.04 Å². The largest absolute Gasteiger partial charge is 0.316 e. The summed E-state index contributed by atoms with van der Waals surface area (Å²) in [6.07, 6.45) is 1.15. The van der Waals surface area contributed by atoms with Gasteiger partial charge in [-0.25, -0.2) is 5.43 Å². The molecule has 1 fully saturated rings. The second kappa shape index (κ2) is 6.73. The number of nitrogens with one attached hydrogen (secondary N) is 3. The Morgan fingerprint density at radius 3 is 2.94 bits per heavy atom. The second-order valence-corrected chi connectivity index (χ2v) is 5.48. The molecule has 0 saturated carbocycles. The minimum atomic E-state index is 0.235. The predicted octanol–water partition coefficient (Wildman–Crippen LogP) is 2.76. The van der Waals surface area contributed by atoms with Crippen LogP contribution in [0.5, 0.6) is 0 Å². The zero-order valence-corrected chi connectivity index (χ0v) is 12.0. The second-order valence-electron chi connectivity index (χ2n) is 4.63. The Morgan fingerprint density at radius 1 is 1.39 bits per heavy atom. The molecule has 100 valence electrons. The number of halogens is 2. The monoisotopic (exact) mass is 287 g/mol. The number of rotatable bonds is 5. The number of hydrazine groups is 1. The molecule has 1 aromatic rings. The molecule has 18 heavy (non-hydrogen) atoms. The molecule has 2 unspecified atom stereocenters. The van der Waals surface area contributed by atoms with Crippen molar-refractivity contribution in [1.82, 2.24) is 16.2 Å². The van der Waals surface area contributed by atoms with Gasteiger partial charge in [-0.15, -0.1) is 0 Å². The smallest absolute Gasteiger partial charge is 0.0530 e. The first kappa shape index (κ1) is 14.1. The maximum absolute atomic E-state index is 6.26. The van der Waals surface area contributed by atoms with Crippen LogP contribution in [0.2, 0.25) is 10.0 Å². The van der Waals surface area contributed by atoms with Gasteiger partial charge in [0.15, 0.2) is 0 Å². The van der Waals surface area contributed by atoms with Crippen LogP contribution in [-0.2, 0) is 0 Å². The SMILES string of the molecule is CCCNCC1CNNC1c1ccc(Cl)cc1Cl. The lowest BCUT2D eigenvalue weighted by Crippen LogP contribution is -2.29. The molecule has 1 aromatic carbocycles. The van der Waals surface area contributed by atoms with Gasteiger partial charge in [0.1, 0.15) is 0 Å². The maximum atomic E-state index is 6.26. The molecule has 2 atom stereocenters. The first-order valence-electron chi connectivity index (χ1n) is 6.36. The Hall–Kier alpha value is -0.320. The van der Waals surface area contributed by atoms with Crippen molar-refractivity contribution in [3.05, 3.63) is 33.8 Å². The minimum Gasteiger partial charge on any atom is -0.316 e. The molecule has 0 amide bonds. The van der Waals surface area contributed by atoms with Crippen molar-refractivity contribution < 1.29 is 0 Å². The third-order valence-electron chi connectivity index (χ3n) is 3.22. The van der Waals surface area contributed by atoms with Crippen LogP contribution in [0, 0.1) is 5.92 Å². The lowest BCUT2D eigenvalue weighted by Gasteiger charge is -2.20. The number of hydrogen-bond acceptors (Lipinski definition) is 3. The van der Waals surface area contributed by atoms with E-state index < -0.39 is 0 Å². The molecule has 0 aromatic heterocycles. The zero-order valence-electron chi connectivity index (χ0n) is 10.5. The summed E-state index contributed by atoms with van der Waals surface area (Å²) in [5.74, 6) is 0.496. The molecule has 0 aliphatic carbocycles. The van der Waals surface area contributed by atoms with Crippen molar-refractivity contribution in [2.75, 3.05) is 19.6 Å². The molecule has 1 aliphatic rings. The Balaban J connectivity index is 2.06. The van der Waals surface area contributed by atoms with E-state index >= 15 is 0 Å². The summed E-state index contributed by atoms with van der Waals surface area (Å²) in [7, 11) is 0. The molecule has 0 radical (unpaired) electrons. The fraction of sp³-hybridized carbons (Fsp3) is 0.538. The van der Waals surface area contributed by atoms with Gasteiger partial charge < -0.3 is 5.32 Å². The van der Waals surface area contributed by atoms with Crippen molar-refractivity contribution in [3.8, 4) is 0 Å². The van der Waals surface area contributed by atoms with Gasteiger partial charge in [-0.05, 0) is 30.7 Å².